The van der Waals surface area contributed by atoms with Gasteiger partial charge in [0.25, 0.3) is 0 Å². The topological polar surface area (TPSA) is 76.2 Å². The molecule has 41 heavy (non-hydrogen) atoms. The molecular weight excluding hydrogens is 516 g/mol. The van der Waals surface area contributed by atoms with Gasteiger partial charge in [0.1, 0.15) is 5.78 Å². The number of benzene rings is 1. The number of hydrogen-bond donors (Lipinski definition) is 0. The number of Topliss-reactive ketones (excluding diaryl/α,β-unsaturated/α-hetero) is 1. The second-order valence-electron chi connectivity index (χ2n) is 12.4. The molecule has 1 aromatic carbocycles. The van der Waals surface area contributed by atoms with Crippen LogP contribution in [0.15, 0.2) is 30.3 Å². The molecule has 0 spiro atoms. The van der Waals surface area contributed by atoms with Gasteiger partial charge in [-0.2, -0.15) is 0 Å². The van der Waals surface area contributed by atoms with Gasteiger partial charge in [0.05, 0.1) is 30.7 Å². The molecule has 1 saturated heterocycles. The lowest BCUT2D eigenvalue weighted by Crippen LogP contribution is -2.53. The molecule has 7 heteroatoms. The lowest BCUT2D eigenvalue weighted by molar-refractivity contribution is -0.147. The monoisotopic (exact) mass is 572 g/mol. The number of nitrogens with zero attached hydrogens (tertiary/aromatic N) is 2. The maximum atomic E-state index is 13.8. The third kappa shape index (κ3) is 9.37. The molecule has 0 N–H and O–H groups in total. The average Bonchev–Trinajstić information content (AvgIpc) is 3.46. The van der Waals surface area contributed by atoms with Crippen molar-refractivity contribution in [2.45, 2.75) is 111 Å². The van der Waals surface area contributed by atoms with E-state index < -0.39 is 6.10 Å². The van der Waals surface area contributed by atoms with E-state index in [1.54, 1.807) is 14.2 Å². The predicted molar refractivity (Wildman–Crippen MR) is 165 cm³/mol. The number of likely N-dealkylation sites (tertiary alicyclic amines) is 1. The van der Waals surface area contributed by atoms with E-state index in [9.17, 15) is 14.4 Å². The van der Waals surface area contributed by atoms with E-state index >= 15 is 0 Å². The van der Waals surface area contributed by atoms with Crippen LogP contribution in [0.5, 0.6) is 0 Å². The molecule has 2 rings (SSSR count). The van der Waals surface area contributed by atoms with Crippen molar-refractivity contribution in [3.8, 4) is 0 Å². The Kier molecular flexibility index (Phi) is 14.5. The molecular formula is C34H56N2O5. The summed E-state index contributed by atoms with van der Waals surface area (Å²) in [4.78, 5) is 44.0. The largest absolute Gasteiger partial charge is 0.379 e. The zero-order valence-electron chi connectivity index (χ0n) is 27.1. The van der Waals surface area contributed by atoms with E-state index in [0.717, 1.165) is 32.1 Å². The number of methoxy groups -OCH3 is 2. The summed E-state index contributed by atoms with van der Waals surface area (Å²) in [6.45, 7) is 12.9. The van der Waals surface area contributed by atoms with Crippen LogP contribution in [-0.4, -0.2) is 79.5 Å². The molecule has 0 saturated carbocycles. The average molecular weight is 573 g/mol. The molecule has 1 fully saturated rings. The van der Waals surface area contributed by atoms with Crippen LogP contribution in [-0.2, 0) is 30.3 Å². The Morgan fingerprint density at radius 3 is 2.22 bits per heavy atom. The Balaban J connectivity index is 2.12. The number of carbonyl (C=O) groups is 3. The van der Waals surface area contributed by atoms with Gasteiger partial charge < -0.3 is 19.3 Å². The van der Waals surface area contributed by atoms with Crippen molar-refractivity contribution < 1.29 is 23.9 Å². The molecule has 2 amide bonds. The lowest BCUT2D eigenvalue weighted by Gasteiger charge is -2.40. The van der Waals surface area contributed by atoms with Crippen LogP contribution >= 0.6 is 0 Å². The molecule has 7 atom stereocenters. The van der Waals surface area contributed by atoms with Gasteiger partial charge in [0.2, 0.25) is 11.8 Å². The minimum atomic E-state index is -0.426. The van der Waals surface area contributed by atoms with Crippen molar-refractivity contribution >= 4 is 17.6 Å². The summed E-state index contributed by atoms with van der Waals surface area (Å²) in [6.07, 6.45) is 4.12. The number of amides is 2. The van der Waals surface area contributed by atoms with Crippen molar-refractivity contribution in [2.24, 2.45) is 23.7 Å². The van der Waals surface area contributed by atoms with Crippen LogP contribution in [0.25, 0.3) is 0 Å². The van der Waals surface area contributed by atoms with Crippen molar-refractivity contribution in [3.05, 3.63) is 35.9 Å². The minimum absolute atomic E-state index is 0.00353. The SMILES string of the molecule is CC[C@H](C)[C@@H]([C@@H](CC(=O)N1CCC[C@H]1[C@H](OC)[C@@H](C)C(=O)CCCc1ccccc1)OC)N(C)C(=O)[C@@H](C)C(C)C. The summed E-state index contributed by atoms with van der Waals surface area (Å²) in [7, 11) is 5.12. The fraction of sp³-hybridized carbons (Fsp3) is 0.735. The highest BCUT2D eigenvalue weighted by Crippen LogP contribution is 2.30. The van der Waals surface area contributed by atoms with Crippen LogP contribution in [0.3, 0.4) is 0 Å². The minimum Gasteiger partial charge on any atom is -0.379 e. The van der Waals surface area contributed by atoms with Gasteiger partial charge in [0.15, 0.2) is 0 Å². The van der Waals surface area contributed by atoms with Gasteiger partial charge >= 0.3 is 0 Å². The molecule has 7 nitrogen and oxygen atoms in total. The number of rotatable bonds is 17. The van der Waals surface area contributed by atoms with E-state index in [0.29, 0.717) is 13.0 Å². The fourth-order valence-corrected chi connectivity index (χ4v) is 6.29. The third-order valence-corrected chi connectivity index (χ3v) is 9.47. The van der Waals surface area contributed by atoms with Gasteiger partial charge in [-0.1, -0.05) is 78.3 Å². The summed E-state index contributed by atoms with van der Waals surface area (Å²) in [5.74, 6) is 0.228. The van der Waals surface area contributed by atoms with Crippen molar-refractivity contribution in [2.75, 3.05) is 27.8 Å². The van der Waals surface area contributed by atoms with Crippen LogP contribution in [0, 0.1) is 23.7 Å². The second kappa shape index (κ2) is 17.0. The summed E-state index contributed by atoms with van der Waals surface area (Å²) in [5.41, 5.74) is 1.23. The lowest BCUT2D eigenvalue weighted by atomic mass is 9.88. The highest BCUT2D eigenvalue weighted by Gasteiger charge is 2.42. The summed E-state index contributed by atoms with van der Waals surface area (Å²) in [6, 6.07) is 9.85. The zero-order valence-corrected chi connectivity index (χ0v) is 27.1. The molecule has 0 aromatic heterocycles. The van der Waals surface area contributed by atoms with Crippen LogP contribution in [0.2, 0.25) is 0 Å². The molecule has 0 aliphatic carbocycles. The van der Waals surface area contributed by atoms with Crippen molar-refractivity contribution in [3.63, 3.8) is 0 Å². The smallest absolute Gasteiger partial charge is 0.225 e. The number of aryl methyl sites for hydroxylation is 1. The van der Waals surface area contributed by atoms with Gasteiger partial charge in [-0.05, 0) is 43.1 Å². The van der Waals surface area contributed by atoms with E-state index in [2.05, 4.69) is 39.8 Å². The molecule has 1 aromatic rings. The Bertz CT molecular complexity index is 952. The van der Waals surface area contributed by atoms with Crippen molar-refractivity contribution in [1.29, 1.82) is 0 Å². The second-order valence-corrected chi connectivity index (χ2v) is 12.4. The number of hydrogen-bond acceptors (Lipinski definition) is 5. The van der Waals surface area contributed by atoms with E-state index in [4.69, 9.17) is 9.47 Å². The summed E-state index contributed by atoms with van der Waals surface area (Å²) in [5, 5.41) is 0. The van der Waals surface area contributed by atoms with Crippen molar-refractivity contribution in [1.82, 2.24) is 9.80 Å². The molecule has 1 heterocycles. The Morgan fingerprint density at radius 2 is 1.66 bits per heavy atom. The summed E-state index contributed by atoms with van der Waals surface area (Å²) < 4.78 is 11.9. The number of ether oxygens (including phenoxy) is 2. The van der Waals surface area contributed by atoms with Crippen LogP contribution < -0.4 is 0 Å². The highest BCUT2D eigenvalue weighted by atomic mass is 16.5. The van der Waals surface area contributed by atoms with E-state index in [1.807, 2.05) is 48.9 Å². The van der Waals surface area contributed by atoms with E-state index in [1.165, 1.54) is 5.56 Å². The van der Waals surface area contributed by atoms with Gasteiger partial charge in [-0.15, -0.1) is 0 Å². The first-order valence-corrected chi connectivity index (χ1v) is 15.7. The fourth-order valence-electron chi connectivity index (χ4n) is 6.29. The highest BCUT2D eigenvalue weighted by molar-refractivity contribution is 5.82. The molecule has 0 bridgehead atoms. The Hall–Kier alpha value is -2.25. The number of likely N-dealkylation sites (N-methyl/N-ethyl adjacent to an activating group) is 1. The van der Waals surface area contributed by atoms with Gasteiger partial charge in [-0.25, -0.2) is 0 Å². The van der Waals surface area contributed by atoms with E-state index in [-0.39, 0.29) is 65.9 Å². The molecule has 0 unspecified atom stereocenters. The number of carbonyl (C=O) groups excluding carboxylic acids is 3. The molecule has 232 valence electrons. The standard InChI is InChI=1S/C34H56N2O5/c1-10-24(4)32(35(7)34(39)25(5)23(2)3)30(40-8)22-31(38)36-21-15-19-28(36)33(41-9)26(6)29(37)20-14-18-27-16-12-11-13-17-27/h11-13,16-17,23-26,28,30,32-33H,10,14-15,18-22H2,1-9H3/t24-,25-,26-,28-,30+,32-,33+/m0/s1. The normalized spacial score (nSPS) is 19.9. The molecule has 1 aliphatic heterocycles. The molecule has 0 radical (unpaired) electrons. The maximum absolute atomic E-state index is 13.8. The first-order valence-electron chi connectivity index (χ1n) is 15.7. The van der Waals surface area contributed by atoms with Gasteiger partial charge in [0, 0.05) is 46.1 Å². The maximum Gasteiger partial charge on any atom is 0.225 e. The van der Waals surface area contributed by atoms with Crippen LogP contribution in [0.1, 0.15) is 85.6 Å². The third-order valence-electron chi connectivity index (χ3n) is 9.47. The van der Waals surface area contributed by atoms with Gasteiger partial charge in [-0.3, -0.25) is 14.4 Å². The number of ketones is 1. The Morgan fingerprint density at radius 1 is 1.00 bits per heavy atom. The predicted octanol–water partition coefficient (Wildman–Crippen LogP) is 5.79. The molecule has 1 aliphatic rings. The first-order chi connectivity index (χ1) is 19.5. The summed E-state index contributed by atoms with van der Waals surface area (Å²) >= 11 is 0. The quantitative estimate of drug-likeness (QED) is 0.236. The zero-order chi connectivity index (χ0) is 30.7. The van der Waals surface area contributed by atoms with Crippen LogP contribution in [0.4, 0.5) is 0 Å². The Labute approximate surface area is 249 Å². The first kappa shape index (κ1) is 34.9.